The highest BCUT2D eigenvalue weighted by atomic mass is 32.2. The van der Waals surface area contributed by atoms with E-state index in [9.17, 15) is 8.42 Å². The Labute approximate surface area is 150 Å². The van der Waals surface area contributed by atoms with Gasteiger partial charge in [-0.1, -0.05) is 0 Å². The van der Waals surface area contributed by atoms with E-state index >= 15 is 0 Å². The maximum Gasteiger partial charge on any atom is 0.281 e. The standard InChI is InChI=1S/C17H28N4O3S/c1-19(2)25(22,23)21-13-5-15(6-14-21)20-11-7-17(8-12-20)24-16-3-9-18-10-4-16/h3-4,9-10,15,17H,5-8,11-14H2,1-2H3. The highest BCUT2D eigenvalue weighted by Gasteiger charge is 2.33. The zero-order valence-electron chi connectivity index (χ0n) is 15.0. The van der Waals surface area contributed by atoms with Gasteiger partial charge in [-0.05, 0) is 37.8 Å². The molecule has 1 aromatic heterocycles. The summed E-state index contributed by atoms with van der Waals surface area (Å²) in [6.07, 6.45) is 7.59. The Hall–Kier alpha value is -1.22. The summed E-state index contributed by atoms with van der Waals surface area (Å²) < 4.78 is 33.3. The van der Waals surface area contributed by atoms with Crippen molar-refractivity contribution in [3.05, 3.63) is 24.5 Å². The van der Waals surface area contributed by atoms with Gasteiger partial charge in [-0.2, -0.15) is 17.0 Å². The third-order valence-corrected chi connectivity index (χ3v) is 7.10. The summed E-state index contributed by atoms with van der Waals surface area (Å²) in [4.78, 5) is 6.51. The lowest BCUT2D eigenvalue weighted by Gasteiger charge is -2.41. The van der Waals surface area contributed by atoms with Crippen LogP contribution in [0.15, 0.2) is 24.5 Å². The number of aromatic nitrogens is 1. The van der Waals surface area contributed by atoms with Crippen LogP contribution in [-0.4, -0.2) is 79.3 Å². The molecule has 2 aliphatic heterocycles. The van der Waals surface area contributed by atoms with Crippen molar-refractivity contribution in [1.29, 1.82) is 0 Å². The van der Waals surface area contributed by atoms with Crippen LogP contribution < -0.4 is 4.74 Å². The van der Waals surface area contributed by atoms with Crippen molar-refractivity contribution in [3.63, 3.8) is 0 Å². The van der Waals surface area contributed by atoms with Gasteiger partial charge in [0.15, 0.2) is 0 Å². The molecule has 0 unspecified atom stereocenters. The molecule has 2 aliphatic rings. The van der Waals surface area contributed by atoms with E-state index in [1.54, 1.807) is 30.8 Å². The molecule has 1 aromatic rings. The molecule has 0 saturated carbocycles. The van der Waals surface area contributed by atoms with Crippen LogP contribution in [0.1, 0.15) is 25.7 Å². The molecular weight excluding hydrogens is 340 g/mol. The average Bonchev–Trinajstić information content (AvgIpc) is 2.63. The zero-order chi connectivity index (χ0) is 17.9. The number of pyridine rings is 1. The van der Waals surface area contributed by atoms with Crippen molar-refractivity contribution < 1.29 is 13.2 Å². The van der Waals surface area contributed by atoms with Crippen molar-refractivity contribution in [2.75, 3.05) is 40.3 Å². The van der Waals surface area contributed by atoms with Gasteiger partial charge in [0, 0.05) is 58.7 Å². The molecule has 8 heteroatoms. The van der Waals surface area contributed by atoms with Crippen LogP contribution in [0.2, 0.25) is 0 Å². The molecule has 7 nitrogen and oxygen atoms in total. The summed E-state index contributed by atoms with van der Waals surface area (Å²) in [5.74, 6) is 0.885. The first-order valence-corrected chi connectivity index (χ1v) is 10.3. The Bertz CT molecular complexity index is 637. The Morgan fingerprint density at radius 3 is 2.20 bits per heavy atom. The molecule has 3 heterocycles. The zero-order valence-corrected chi connectivity index (χ0v) is 15.9. The van der Waals surface area contributed by atoms with Gasteiger partial charge in [-0.15, -0.1) is 0 Å². The summed E-state index contributed by atoms with van der Waals surface area (Å²) in [6.45, 7) is 3.25. The second-order valence-corrected chi connectivity index (χ2v) is 9.10. The fourth-order valence-electron chi connectivity index (χ4n) is 3.64. The predicted octanol–water partition coefficient (Wildman–Crippen LogP) is 1.20. The van der Waals surface area contributed by atoms with E-state index in [1.165, 1.54) is 4.31 Å². The van der Waals surface area contributed by atoms with E-state index in [1.807, 2.05) is 12.1 Å². The maximum absolute atomic E-state index is 12.2. The Kier molecular flexibility index (Phi) is 5.93. The van der Waals surface area contributed by atoms with Crippen LogP contribution in [0, 0.1) is 0 Å². The number of ether oxygens (including phenoxy) is 1. The van der Waals surface area contributed by atoms with Gasteiger partial charge >= 0.3 is 0 Å². The number of nitrogens with zero attached hydrogens (tertiary/aromatic N) is 4. The third kappa shape index (κ3) is 4.49. The molecule has 25 heavy (non-hydrogen) atoms. The quantitative estimate of drug-likeness (QED) is 0.781. The van der Waals surface area contributed by atoms with Crippen LogP contribution >= 0.6 is 0 Å². The SMILES string of the molecule is CN(C)S(=O)(=O)N1CCC(N2CCC(Oc3ccncc3)CC2)CC1. The minimum Gasteiger partial charge on any atom is -0.490 e. The van der Waals surface area contributed by atoms with Crippen LogP contribution in [0.25, 0.3) is 0 Å². The second-order valence-electron chi connectivity index (χ2n) is 6.96. The van der Waals surface area contributed by atoms with Crippen LogP contribution in [0.5, 0.6) is 5.75 Å². The Balaban J connectivity index is 1.45. The number of hydrogen-bond acceptors (Lipinski definition) is 5. The number of likely N-dealkylation sites (tertiary alicyclic amines) is 1. The van der Waals surface area contributed by atoms with E-state index in [2.05, 4.69) is 9.88 Å². The summed E-state index contributed by atoms with van der Waals surface area (Å²) in [6, 6.07) is 4.27. The normalized spacial score (nSPS) is 22.4. The first-order valence-electron chi connectivity index (χ1n) is 8.95. The minimum absolute atomic E-state index is 0.257. The average molecular weight is 369 g/mol. The fourth-order valence-corrected chi connectivity index (χ4v) is 4.77. The van der Waals surface area contributed by atoms with Crippen LogP contribution in [-0.2, 0) is 10.2 Å². The molecule has 0 aromatic carbocycles. The minimum atomic E-state index is -3.27. The lowest BCUT2D eigenvalue weighted by atomic mass is 10.00. The van der Waals surface area contributed by atoms with Crippen LogP contribution in [0.3, 0.4) is 0 Å². The van der Waals surface area contributed by atoms with Crippen molar-refractivity contribution in [3.8, 4) is 5.75 Å². The molecule has 0 amide bonds. The van der Waals surface area contributed by atoms with Gasteiger partial charge < -0.3 is 9.64 Å². The van der Waals surface area contributed by atoms with E-state index in [0.717, 1.165) is 44.5 Å². The maximum atomic E-state index is 12.2. The lowest BCUT2D eigenvalue weighted by Crippen LogP contribution is -2.51. The molecule has 0 spiro atoms. The molecular formula is C17H28N4O3S. The molecule has 0 radical (unpaired) electrons. The molecule has 140 valence electrons. The largest absolute Gasteiger partial charge is 0.490 e. The Morgan fingerprint density at radius 1 is 1.04 bits per heavy atom. The van der Waals surface area contributed by atoms with Crippen LogP contribution in [0.4, 0.5) is 0 Å². The molecule has 2 saturated heterocycles. The summed E-state index contributed by atoms with van der Waals surface area (Å²) in [7, 11) is -0.0899. The number of rotatable bonds is 5. The van der Waals surface area contributed by atoms with E-state index in [4.69, 9.17) is 4.74 Å². The monoisotopic (exact) mass is 368 g/mol. The van der Waals surface area contributed by atoms with Gasteiger partial charge in [-0.3, -0.25) is 4.98 Å². The third-order valence-electron chi connectivity index (χ3n) is 5.16. The van der Waals surface area contributed by atoms with Gasteiger partial charge in [-0.25, -0.2) is 0 Å². The molecule has 0 N–H and O–H groups in total. The predicted molar refractivity (Wildman–Crippen MR) is 96.7 cm³/mol. The van der Waals surface area contributed by atoms with Crippen molar-refractivity contribution >= 4 is 10.2 Å². The summed E-state index contributed by atoms with van der Waals surface area (Å²) in [5, 5.41) is 0. The topological polar surface area (TPSA) is 66.0 Å². The number of piperidine rings is 2. The summed E-state index contributed by atoms with van der Waals surface area (Å²) in [5.41, 5.74) is 0. The van der Waals surface area contributed by atoms with Crippen molar-refractivity contribution in [1.82, 2.24) is 18.5 Å². The lowest BCUT2D eigenvalue weighted by molar-refractivity contribution is 0.0581. The van der Waals surface area contributed by atoms with E-state index in [0.29, 0.717) is 19.1 Å². The van der Waals surface area contributed by atoms with Crippen molar-refractivity contribution in [2.45, 2.75) is 37.8 Å². The highest BCUT2D eigenvalue weighted by molar-refractivity contribution is 7.86. The van der Waals surface area contributed by atoms with E-state index < -0.39 is 10.2 Å². The highest BCUT2D eigenvalue weighted by Crippen LogP contribution is 2.24. The van der Waals surface area contributed by atoms with Gasteiger partial charge in [0.05, 0.1) is 0 Å². The molecule has 0 aliphatic carbocycles. The Morgan fingerprint density at radius 2 is 1.64 bits per heavy atom. The van der Waals surface area contributed by atoms with Gasteiger partial charge in [0.2, 0.25) is 0 Å². The molecule has 0 atom stereocenters. The van der Waals surface area contributed by atoms with Crippen molar-refractivity contribution in [2.24, 2.45) is 0 Å². The van der Waals surface area contributed by atoms with E-state index in [-0.39, 0.29) is 6.10 Å². The first kappa shape index (κ1) is 18.6. The first-order chi connectivity index (χ1) is 12.0. The molecule has 2 fully saturated rings. The fraction of sp³-hybridized carbons (Fsp3) is 0.706. The number of hydrogen-bond donors (Lipinski definition) is 0. The smallest absolute Gasteiger partial charge is 0.281 e. The summed E-state index contributed by atoms with van der Waals surface area (Å²) >= 11 is 0. The molecule has 0 bridgehead atoms. The van der Waals surface area contributed by atoms with Gasteiger partial charge in [0.25, 0.3) is 10.2 Å². The second kappa shape index (κ2) is 7.99. The van der Waals surface area contributed by atoms with Gasteiger partial charge in [0.1, 0.15) is 11.9 Å². The molecule has 3 rings (SSSR count).